The molecule has 0 aliphatic carbocycles. The zero-order valence-corrected chi connectivity index (χ0v) is 19.5. The molecule has 1 aromatic heterocycles. The van der Waals surface area contributed by atoms with Crippen LogP contribution in [0.25, 0.3) is 0 Å². The van der Waals surface area contributed by atoms with Crippen LogP contribution in [0.5, 0.6) is 5.75 Å². The van der Waals surface area contributed by atoms with E-state index in [0.717, 1.165) is 21.6 Å². The number of hydrogen-bond donors (Lipinski definition) is 0. The highest BCUT2D eigenvalue weighted by Gasteiger charge is 2.37. The summed E-state index contributed by atoms with van der Waals surface area (Å²) in [6.45, 7) is 7.89. The van der Waals surface area contributed by atoms with Crippen molar-refractivity contribution in [3.8, 4) is 5.75 Å². The summed E-state index contributed by atoms with van der Waals surface area (Å²) in [5.74, 6) is 0.506. The molecule has 1 aliphatic heterocycles. The molecular weight excluding hydrogens is 430 g/mol. The van der Waals surface area contributed by atoms with Crippen molar-refractivity contribution in [2.24, 2.45) is 0 Å². The molecule has 0 bridgehead atoms. The van der Waals surface area contributed by atoms with Gasteiger partial charge in [0, 0.05) is 15.9 Å². The number of hydrogen-bond acceptors (Lipinski definition) is 5. The van der Waals surface area contributed by atoms with E-state index < -0.39 is 15.9 Å². The van der Waals surface area contributed by atoms with E-state index in [9.17, 15) is 13.2 Å². The summed E-state index contributed by atoms with van der Waals surface area (Å²) in [6.07, 6.45) is -0.275. The SMILES string of the molecule is Cc1ccsc1CN(C(=O)[C@@H](C)Oc1cc(C)c(Cl)c(C)c1)[C@H]1CCS(=O)(=O)C1. The summed E-state index contributed by atoms with van der Waals surface area (Å²) in [6, 6.07) is 5.31. The standard InChI is InChI=1S/C21H26ClNO4S2/c1-13-5-7-28-19(13)11-23(17-6-8-29(25,26)12-17)21(24)16(4)27-18-9-14(2)20(22)15(3)10-18/h5,7,9-10,16-17H,6,8,11-12H2,1-4H3/t16-,17+/m1/s1. The maximum Gasteiger partial charge on any atom is 0.263 e. The van der Waals surface area contributed by atoms with Gasteiger partial charge in [-0.15, -0.1) is 11.3 Å². The fourth-order valence-corrected chi connectivity index (χ4v) is 6.34. The number of aryl methyl sites for hydroxylation is 3. The van der Waals surface area contributed by atoms with Gasteiger partial charge in [0.25, 0.3) is 5.91 Å². The average molecular weight is 456 g/mol. The molecule has 5 nitrogen and oxygen atoms in total. The van der Waals surface area contributed by atoms with E-state index in [2.05, 4.69) is 0 Å². The minimum absolute atomic E-state index is 0.00897. The Morgan fingerprint density at radius 2 is 1.93 bits per heavy atom. The second kappa shape index (κ2) is 8.66. The zero-order chi connectivity index (χ0) is 21.3. The van der Waals surface area contributed by atoms with Crippen molar-refractivity contribution >= 4 is 38.7 Å². The van der Waals surface area contributed by atoms with E-state index in [1.807, 2.05) is 44.4 Å². The Balaban J connectivity index is 1.82. The summed E-state index contributed by atoms with van der Waals surface area (Å²) < 4.78 is 30.0. The topological polar surface area (TPSA) is 63.7 Å². The summed E-state index contributed by atoms with van der Waals surface area (Å²) >= 11 is 7.80. The second-order valence-electron chi connectivity index (χ2n) is 7.68. The molecule has 1 saturated heterocycles. The van der Waals surface area contributed by atoms with Gasteiger partial charge >= 0.3 is 0 Å². The van der Waals surface area contributed by atoms with Gasteiger partial charge in [-0.3, -0.25) is 4.79 Å². The third-order valence-corrected chi connectivity index (χ3v) is 8.64. The Labute approximate surface area is 181 Å². The van der Waals surface area contributed by atoms with Crippen LogP contribution in [0.1, 0.15) is 34.9 Å². The third kappa shape index (κ3) is 5.13. The molecule has 3 rings (SSSR count). The Morgan fingerprint density at radius 1 is 1.28 bits per heavy atom. The number of thiophene rings is 1. The van der Waals surface area contributed by atoms with Crippen molar-refractivity contribution in [1.82, 2.24) is 4.90 Å². The lowest BCUT2D eigenvalue weighted by Crippen LogP contribution is -2.46. The first kappa shape index (κ1) is 22.1. The third-order valence-electron chi connectivity index (χ3n) is 5.28. The molecule has 1 aliphatic rings. The van der Waals surface area contributed by atoms with Gasteiger partial charge in [-0.05, 0) is 74.4 Å². The smallest absolute Gasteiger partial charge is 0.263 e. The normalized spacial score (nSPS) is 19.1. The number of carbonyl (C=O) groups is 1. The summed E-state index contributed by atoms with van der Waals surface area (Å²) in [5, 5.41) is 2.67. The first-order valence-corrected chi connectivity index (χ1v) is 12.6. The highest BCUT2D eigenvalue weighted by molar-refractivity contribution is 7.91. The van der Waals surface area contributed by atoms with E-state index in [4.69, 9.17) is 16.3 Å². The monoisotopic (exact) mass is 455 g/mol. The Morgan fingerprint density at radius 3 is 2.45 bits per heavy atom. The van der Waals surface area contributed by atoms with Crippen molar-refractivity contribution in [3.63, 3.8) is 0 Å². The lowest BCUT2D eigenvalue weighted by Gasteiger charge is -2.31. The van der Waals surface area contributed by atoms with Crippen LogP contribution in [-0.2, 0) is 21.2 Å². The quantitative estimate of drug-likeness (QED) is 0.651. The Kier molecular flexibility index (Phi) is 6.61. The van der Waals surface area contributed by atoms with Crippen molar-refractivity contribution in [2.45, 2.75) is 52.8 Å². The van der Waals surface area contributed by atoms with Crippen LogP contribution in [0.15, 0.2) is 23.6 Å². The maximum atomic E-state index is 13.3. The van der Waals surface area contributed by atoms with Crippen LogP contribution in [0.4, 0.5) is 0 Å². The van der Waals surface area contributed by atoms with Crippen molar-refractivity contribution in [3.05, 3.63) is 50.2 Å². The van der Waals surface area contributed by atoms with Crippen LogP contribution in [0, 0.1) is 20.8 Å². The van der Waals surface area contributed by atoms with Gasteiger partial charge in [0.1, 0.15) is 5.75 Å². The van der Waals surface area contributed by atoms with E-state index >= 15 is 0 Å². The van der Waals surface area contributed by atoms with Crippen LogP contribution in [-0.4, -0.2) is 42.9 Å². The number of carbonyl (C=O) groups excluding carboxylic acids is 1. The van der Waals surface area contributed by atoms with Crippen molar-refractivity contribution < 1.29 is 17.9 Å². The van der Waals surface area contributed by atoms with Crippen LogP contribution < -0.4 is 4.74 Å². The largest absolute Gasteiger partial charge is 0.481 e. The summed E-state index contributed by atoms with van der Waals surface area (Å²) in [5.41, 5.74) is 2.87. The lowest BCUT2D eigenvalue weighted by atomic mass is 10.1. The number of amides is 1. The number of rotatable bonds is 6. The predicted molar refractivity (Wildman–Crippen MR) is 118 cm³/mol. The molecule has 8 heteroatoms. The fraction of sp³-hybridized carbons (Fsp3) is 0.476. The summed E-state index contributed by atoms with van der Waals surface area (Å²) in [7, 11) is -3.11. The molecule has 2 aromatic rings. The number of benzene rings is 1. The highest BCUT2D eigenvalue weighted by Crippen LogP contribution is 2.28. The molecule has 2 atom stereocenters. The Bertz CT molecular complexity index is 992. The van der Waals surface area contributed by atoms with Crippen LogP contribution in [0.2, 0.25) is 5.02 Å². The number of nitrogens with zero attached hydrogens (tertiary/aromatic N) is 1. The Hall–Kier alpha value is -1.57. The highest BCUT2D eigenvalue weighted by atomic mass is 35.5. The van der Waals surface area contributed by atoms with Crippen molar-refractivity contribution in [1.29, 1.82) is 0 Å². The van der Waals surface area contributed by atoms with Gasteiger partial charge in [0.05, 0.1) is 18.1 Å². The number of ether oxygens (including phenoxy) is 1. The molecule has 0 N–H and O–H groups in total. The van der Waals surface area contributed by atoms with Gasteiger partial charge < -0.3 is 9.64 Å². The van der Waals surface area contributed by atoms with Gasteiger partial charge in [0.2, 0.25) is 0 Å². The second-order valence-corrected chi connectivity index (χ2v) is 11.3. The number of halogens is 1. The predicted octanol–water partition coefficient (Wildman–Crippen LogP) is 4.31. The molecule has 2 heterocycles. The number of sulfone groups is 1. The molecule has 1 aromatic carbocycles. The average Bonchev–Trinajstić information content (AvgIpc) is 3.21. The maximum absolute atomic E-state index is 13.3. The molecule has 158 valence electrons. The fourth-order valence-electron chi connectivity index (χ4n) is 3.59. The van der Waals surface area contributed by atoms with Gasteiger partial charge in [-0.2, -0.15) is 0 Å². The van der Waals surface area contributed by atoms with E-state index in [-0.39, 0.29) is 23.5 Å². The molecule has 0 saturated carbocycles. The van der Waals surface area contributed by atoms with Gasteiger partial charge in [0.15, 0.2) is 15.9 Å². The van der Waals surface area contributed by atoms with Gasteiger partial charge in [-0.25, -0.2) is 8.42 Å². The molecule has 0 spiro atoms. The molecule has 0 unspecified atom stereocenters. The minimum atomic E-state index is -3.11. The van der Waals surface area contributed by atoms with Crippen molar-refractivity contribution in [2.75, 3.05) is 11.5 Å². The zero-order valence-electron chi connectivity index (χ0n) is 17.1. The minimum Gasteiger partial charge on any atom is -0.481 e. The molecule has 0 radical (unpaired) electrons. The van der Waals surface area contributed by atoms with Crippen LogP contribution >= 0.6 is 22.9 Å². The van der Waals surface area contributed by atoms with E-state index in [1.165, 1.54) is 0 Å². The molecular formula is C21H26ClNO4S2. The summed E-state index contributed by atoms with van der Waals surface area (Å²) in [4.78, 5) is 16.1. The van der Waals surface area contributed by atoms with E-state index in [1.54, 1.807) is 23.2 Å². The lowest BCUT2D eigenvalue weighted by molar-refractivity contribution is -0.140. The van der Waals surface area contributed by atoms with Gasteiger partial charge in [-0.1, -0.05) is 11.6 Å². The molecule has 1 fully saturated rings. The first-order chi connectivity index (χ1) is 13.6. The van der Waals surface area contributed by atoms with Crippen LogP contribution in [0.3, 0.4) is 0 Å². The first-order valence-electron chi connectivity index (χ1n) is 9.54. The molecule has 1 amide bonds. The molecule has 29 heavy (non-hydrogen) atoms. The van der Waals surface area contributed by atoms with E-state index in [0.29, 0.717) is 23.7 Å².